The molecule has 2 aromatic rings. The maximum absolute atomic E-state index is 14.0. The van der Waals surface area contributed by atoms with Crippen molar-refractivity contribution in [3.05, 3.63) is 47.0 Å². The summed E-state index contributed by atoms with van der Waals surface area (Å²) in [7, 11) is 0. The number of carbonyl (C=O) groups is 1. The van der Waals surface area contributed by atoms with Crippen LogP contribution in [-0.4, -0.2) is 23.6 Å². The van der Waals surface area contributed by atoms with E-state index in [1.165, 1.54) is 12.1 Å². The number of rotatable bonds is 3. The van der Waals surface area contributed by atoms with E-state index in [0.29, 0.717) is 34.9 Å². The Balaban J connectivity index is 2.08. The van der Waals surface area contributed by atoms with Gasteiger partial charge in [-0.15, -0.1) is 0 Å². The van der Waals surface area contributed by atoms with Crippen LogP contribution >= 0.6 is 11.6 Å². The lowest BCUT2D eigenvalue weighted by atomic mass is 10.1. The van der Waals surface area contributed by atoms with Crippen molar-refractivity contribution in [2.75, 3.05) is 13.1 Å². The van der Waals surface area contributed by atoms with Gasteiger partial charge >= 0.3 is 0 Å². The van der Waals surface area contributed by atoms with E-state index in [4.69, 9.17) is 17.3 Å². The van der Waals surface area contributed by atoms with Crippen molar-refractivity contribution >= 4 is 17.5 Å². The van der Waals surface area contributed by atoms with Gasteiger partial charge in [-0.05, 0) is 37.2 Å². The molecule has 4 nitrogen and oxygen atoms in total. The Labute approximate surface area is 126 Å². The molecule has 1 amide bonds. The lowest BCUT2D eigenvalue weighted by Crippen LogP contribution is -2.39. The van der Waals surface area contributed by atoms with Gasteiger partial charge in [-0.2, -0.15) is 0 Å². The number of nitrogens with zero attached hydrogens (tertiary/aromatic N) is 1. The summed E-state index contributed by atoms with van der Waals surface area (Å²) in [5.41, 5.74) is 7.17. The molecule has 0 saturated carbocycles. The summed E-state index contributed by atoms with van der Waals surface area (Å²) in [5, 5.41) is 3.29. The molecular weight excluding hydrogens is 293 g/mol. The predicted octanol–water partition coefficient (Wildman–Crippen LogP) is 2.58. The number of benzene rings is 1. The van der Waals surface area contributed by atoms with Crippen LogP contribution in [0.2, 0.25) is 5.02 Å². The van der Waals surface area contributed by atoms with Crippen molar-refractivity contribution < 1.29 is 9.18 Å². The molecule has 1 unspecified atom stereocenters. The van der Waals surface area contributed by atoms with Crippen molar-refractivity contribution in [1.29, 1.82) is 0 Å². The Kier molecular flexibility index (Phi) is 3.69. The van der Waals surface area contributed by atoms with Crippen LogP contribution in [0.5, 0.6) is 0 Å². The molecule has 0 spiro atoms. The molecule has 1 aliphatic rings. The van der Waals surface area contributed by atoms with E-state index in [9.17, 15) is 9.18 Å². The molecule has 0 saturated heterocycles. The lowest BCUT2D eigenvalue weighted by Gasteiger charge is -2.25. The Morgan fingerprint density at radius 3 is 3.00 bits per heavy atom. The minimum Gasteiger partial charge on any atom is -0.349 e. The van der Waals surface area contributed by atoms with Gasteiger partial charge in [0.05, 0.1) is 6.04 Å². The number of fused-ring (bicyclic) bond motifs is 1. The third-order valence-corrected chi connectivity index (χ3v) is 3.95. The number of aromatic nitrogens is 1. The molecule has 21 heavy (non-hydrogen) atoms. The second kappa shape index (κ2) is 5.50. The highest BCUT2D eigenvalue weighted by molar-refractivity contribution is 6.30. The first kappa shape index (κ1) is 14.1. The molecule has 0 aliphatic carbocycles. The largest absolute Gasteiger partial charge is 0.349 e. The maximum Gasteiger partial charge on any atom is 0.268 e. The SMILES string of the molecule is NCCC1CNC(=O)c2cc(-c3cc(Cl)ccc3F)cn21. The fourth-order valence-electron chi connectivity index (χ4n) is 2.66. The molecule has 0 fully saturated rings. The molecule has 1 aliphatic heterocycles. The van der Waals surface area contributed by atoms with E-state index in [0.717, 1.165) is 6.42 Å². The number of nitrogens with two attached hydrogens (primary N) is 1. The first-order valence-electron chi connectivity index (χ1n) is 6.75. The molecule has 3 N–H and O–H groups in total. The van der Waals surface area contributed by atoms with Gasteiger partial charge in [0.15, 0.2) is 0 Å². The van der Waals surface area contributed by atoms with Crippen LogP contribution in [0.3, 0.4) is 0 Å². The van der Waals surface area contributed by atoms with Crippen LogP contribution in [0.1, 0.15) is 23.0 Å². The zero-order valence-electron chi connectivity index (χ0n) is 11.3. The Morgan fingerprint density at radius 1 is 1.43 bits per heavy atom. The summed E-state index contributed by atoms with van der Waals surface area (Å²) in [5.74, 6) is -0.518. The Hall–Kier alpha value is -1.85. The zero-order valence-corrected chi connectivity index (χ0v) is 12.0. The molecular formula is C15H15ClFN3O. The predicted molar refractivity (Wildman–Crippen MR) is 79.9 cm³/mol. The van der Waals surface area contributed by atoms with Crippen LogP contribution < -0.4 is 11.1 Å². The van der Waals surface area contributed by atoms with Gasteiger partial charge in [0.25, 0.3) is 5.91 Å². The average Bonchev–Trinajstić information content (AvgIpc) is 2.91. The van der Waals surface area contributed by atoms with Crippen LogP contribution in [0.4, 0.5) is 4.39 Å². The van der Waals surface area contributed by atoms with Crippen LogP contribution in [0.25, 0.3) is 11.1 Å². The third kappa shape index (κ3) is 2.54. The number of halogens is 2. The summed E-state index contributed by atoms with van der Waals surface area (Å²) in [4.78, 5) is 11.9. The van der Waals surface area contributed by atoms with Crippen LogP contribution in [-0.2, 0) is 0 Å². The van der Waals surface area contributed by atoms with E-state index in [1.807, 2.05) is 4.57 Å². The van der Waals surface area contributed by atoms with Crippen LogP contribution in [0.15, 0.2) is 30.5 Å². The van der Waals surface area contributed by atoms with Crippen molar-refractivity contribution in [3.63, 3.8) is 0 Å². The van der Waals surface area contributed by atoms with Gasteiger partial charge in [0.1, 0.15) is 11.5 Å². The lowest BCUT2D eigenvalue weighted by molar-refractivity contribution is 0.0913. The van der Waals surface area contributed by atoms with Gasteiger partial charge in [-0.25, -0.2) is 4.39 Å². The van der Waals surface area contributed by atoms with E-state index in [-0.39, 0.29) is 17.8 Å². The van der Waals surface area contributed by atoms with Crippen molar-refractivity contribution in [2.24, 2.45) is 5.73 Å². The van der Waals surface area contributed by atoms with Crippen molar-refractivity contribution in [3.8, 4) is 11.1 Å². The molecule has 6 heteroatoms. The highest BCUT2D eigenvalue weighted by atomic mass is 35.5. The number of nitrogens with one attached hydrogen (secondary N) is 1. The second-order valence-corrected chi connectivity index (χ2v) is 5.52. The molecule has 3 rings (SSSR count). The standard InChI is InChI=1S/C15H15ClFN3O/c16-10-1-2-13(17)12(6-10)9-5-14-15(21)19-7-11(3-4-18)20(14)8-9/h1-2,5-6,8,11H,3-4,7,18H2,(H,19,21). The van der Waals surface area contributed by atoms with Crippen molar-refractivity contribution in [1.82, 2.24) is 9.88 Å². The highest BCUT2D eigenvalue weighted by Crippen LogP contribution is 2.31. The summed E-state index contributed by atoms with van der Waals surface area (Å²) in [6.45, 7) is 1.06. The molecule has 1 aromatic carbocycles. The Bertz CT molecular complexity index is 698. The minimum absolute atomic E-state index is 0.0960. The molecule has 1 aromatic heterocycles. The molecule has 0 bridgehead atoms. The quantitative estimate of drug-likeness (QED) is 0.915. The topological polar surface area (TPSA) is 60.0 Å². The third-order valence-electron chi connectivity index (χ3n) is 3.71. The van der Waals surface area contributed by atoms with Gasteiger partial charge in [0.2, 0.25) is 0 Å². The smallest absolute Gasteiger partial charge is 0.268 e. The molecule has 1 atom stereocenters. The zero-order chi connectivity index (χ0) is 15.0. The number of amides is 1. The molecule has 2 heterocycles. The summed E-state index contributed by atoms with van der Waals surface area (Å²) < 4.78 is 15.9. The van der Waals surface area contributed by atoms with Gasteiger partial charge in [-0.1, -0.05) is 11.6 Å². The van der Waals surface area contributed by atoms with Gasteiger partial charge in [-0.3, -0.25) is 4.79 Å². The summed E-state index contributed by atoms with van der Waals surface area (Å²) in [6, 6.07) is 6.17. The fraction of sp³-hybridized carbons (Fsp3) is 0.267. The molecule has 0 radical (unpaired) electrons. The summed E-state index contributed by atoms with van der Waals surface area (Å²) in [6.07, 6.45) is 2.54. The first-order valence-corrected chi connectivity index (χ1v) is 7.13. The Morgan fingerprint density at radius 2 is 2.24 bits per heavy atom. The van der Waals surface area contributed by atoms with E-state index in [1.54, 1.807) is 18.3 Å². The number of carbonyl (C=O) groups excluding carboxylic acids is 1. The van der Waals surface area contributed by atoms with E-state index in [2.05, 4.69) is 5.32 Å². The van der Waals surface area contributed by atoms with Gasteiger partial charge < -0.3 is 15.6 Å². The maximum atomic E-state index is 14.0. The average molecular weight is 308 g/mol. The fourth-order valence-corrected chi connectivity index (χ4v) is 2.83. The minimum atomic E-state index is -0.363. The second-order valence-electron chi connectivity index (χ2n) is 5.09. The molecule has 110 valence electrons. The number of hydrogen-bond donors (Lipinski definition) is 2. The monoisotopic (exact) mass is 307 g/mol. The summed E-state index contributed by atoms with van der Waals surface area (Å²) >= 11 is 5.93. The van der Waals surface area contributed by atoms with E-state index >= 15 is 0 Å². The van der Waals surface area contributed by atoms with Gasteiger partial charge in [0, 0.05) is 28.9 Å². The highest BCUT2D eigenvalue weighted by Gasteiger charge is 2.25. The number of hydrogen-bond acceptors (Lipinski definition) is 2. The van der Waals surface area contributed by atoms with E-state index < -0.39 is 0 Å². The first-order chi connectivity index (χ1) is 10.1. The van der Waals surface area contributed by atoms with Crippen LogP contribution in [0, 0.1) is 5.82 Å². The normalized spacial score (nSPS) is 17.5. The van der Waals surface area contributed by atoms with Crippen molar-refractivity contribution in [2.45, 2.75) is 12.5 Å².